The molecule has 0 aromatic carbocycles. The molecule has 0 rings (SSSR count). The first-order valence-electron chi connectivity index (χ1n) is 3.70. The Hall–Kier alpha value is 2.92. The Morgan fingerprint density at radius 2 is 1.18 bits per heavy atom. The van der Waals surface area contributed by atoms with E-state index in [4.69, 9.17) is 0 Å². The summed E-state index contributed by atoms with van der Waals surface area (Å²) in [6.07, 6.45) is 7.01. The van der Waals surface area contributed by atoms with Crippen molar-refractivity contribution in [1.29, 1.82) is 0 Å². The van der Waals surface area contributed by atoms with Gasteiger partial charge in [0.2, 0.25) is 0 Å². The summed E-state index contributed by atoms with van der Waals surface area (Å²) in [5.74, 6) is 0. The summed E-state index contributed by atoms with van der Waals surface area (Å²) in [6, 6.07) is 0. The zero-order chi connectivity index (χ0) is 8.24. The minimum atomic E-state index is 0. The van der Waals surface area contributed by atoms with Crippen molar-refractivity contribution in [3.63, 3.8) is 0 Å². The fourth-order valence-corrected chi connectivity index (χ4v) is 0.677. The van der Waals surface area contributed by atoms with Crippen LogP contribution in [0.15, 0.2) is 0 Å². The van der Waals surface area contributed by atoms with Gasteiger partial charge in [-0.2, -0.15) is 0 Å². The predicted molar refractivity (Wildman–Crippen MR) is 77.9 cm³/mol. The van der Waals surface area contributed by atoms with Crippen molar-refractivity contribution in [1.82, 2.24) is 0 Å². The normalized spacial score (nSPS) is 8.00. The first-order valence-corrected chi connectivity index (χ1v) is 16.3. The van der Waals surface area contributed by atoms with Crippen molar-refractivity contribution in [3.05, 3.63) is 0 Å². The number of hydrogen-bond acceptors (Lipinski definition) is 0. The van der Waals surface area contributed by atoms with Gasteiger partial charge in [-0.05, 0) is 0 Å². The molecule has 0 spiro atoms. The van der Waals surface area contributed by atoms with Gasteiger partial charge in [-0.3, -0.25) is 0 Å². The SMILES string of the molecule is CCCCCCC.I.I[I-]I. The van der Waals surface area contributed by atoms with Crippen molar-refractivity contribution in [2.45, 2.75) is 46.0 Å². The van der Waals surface area contributed by atoms with Crippen LogP contribution in [-0.4, -0.2) is 0 Å². The van der Waals surface area contributed by atoms with Gasteiger partial charge < -0.3 is 0 Å². The molecule has 0 aromatic rings. The topological polar surface area (TPSA) is 0 Å². The summed E-state index contributed by atoms with van der Waals surface area (Å²) < 4.78 is 0. The van der Waals surface area contributed by atoms with Crippen LogP contribution < -0.4 is 13.3 Å². The van der Waals surface area contributed by atoms with Gasteiger partial charge in [-0.25, -0.2) is 0 Å². The number of unbranched alkanes of at least 4 members (excludes halogenated alkanes) is 4. The molecule has 0 aliphatic heterocycles. The molecular weight excluding hydrogens is 592 g/mol. The van der Waals surface area contributed by atoms with Crippen LogP contribution in [0.4, 0.5) is 0 Å². The van der Waals surface area contributed by atoms with Gasteiger partial charge in [-0.15, -0.1) is 24.0 Å². The van der Waals surface area contributed by atoms with Gasteiger partial charge in [0.15, 0.2) is 0 Å². The Balaban J connectivity index is -0.000000140. The van der Waals surface area contributed by atoms with Crippen molar-refractivity contribution < 1.29 is 13.3 Å². The number of rotatable bonds is 4. The van der Waals surface area contributed by atoms with E-state index in [0.29, 0.717) is 13.3 Å². The van der Waals surface area contributed by atoms with E-state index in [1.807, 2.05) is 0 Å². The van der Waals surface area contributed by atoms with E-state index in [1.54, 1.807) is 0 Å². The van der Waals surface area contributed by atoms with Gasteiger partial charge >= 0.3 is 50.5 Å². The minimum absolute atomic E-state index is 0. The fourth-order valence-electron chi connectivity index (χ4n) is 0.677. The third-order valence-electron chi connectivity index (χ3n) is 1.21. The molecule has 0 unspecified atom stereocenters. The van der Waals surface area contributed by atoms with Crippen LogP contribution in [0.25, 0.3) is 0 Å². The fraction of sp³-hybridized carbons (Fsp3) is 1.00. The van der Waals surface area contributed by atoms with Crippen LogP contribution in [0.5, 0.6) is 0 Å². The molecule has 0 aliphatic carbocycles. The Morgan fingerprint density at radius 3 is 1.36 bits per heavy atom. The van der Waals surface area contributed by atoms with Gasteiger partial charge in [0.1, 0.15) is 0 Å². The van der Waals surface area contributed by atoms with Gasteiger partial charge in [0.05, 0.1) is 0 Å². The van der Waals surface area contributed by atoms with Gasteiger partial charge in [0.25, 0.3) is 0 Å². The third kappa shape index (κ3) is 32.2. The Bertz CT molecular complexity index is 37.4. The quantitative estimate of drug-likeness (QED) is 0.340. The Kier molecular flexibility index (Phi) is 40.9. The first kappa shape index (κ1) is 19.5. The molecule has 0 nitrogen and oxygen atoms in total. The average molecular weight is 609 g/mol. The van der Waals surface area contributed by atoms with Crippen molar-refractivity contribution in [2.24, 2.45) is 0 Å². The van der Waals surface area contributed by atoms with Gasteiger partial charge in [0, 0.05) is 0 Å². The summed E-state index contributed by atoms with van der Waals surface area (Å²) in [5.41, 5.74) is 0. The summed E-state index contributed by atoms with van der Waals surface area (Å²) in [7, 11) is 0. The first-order chi connectivity index (χ1) is 4.83. The van der Waals surface area contributed by atoms with Crippen molar-refractivity contribution >= 4 is 61.2 Å². The molecule has 0 atom stereocenters. The maximum absolute atomic E-state index is 2.39. The van der Waals surface area contributed by atoms with E-state index >= 15 is 0 Å². The molecule has 0 aliphatic rings. The van der Waals surface area contributed by atoms with Crippen molar-refractivity contribution in [3.8, 4) is 0 Å². The van der Waals surface area contributed by atoms with E-state index in [9.17, 15) is 0 Å². The maximum atomic E-state index is 2.39. The van der Waals surface area contributed by atoms with Crippen LogP contribution in [0.3, 0.4) is 0 Å². The second kappa shape index (κ2) is 23.1. The zero-order valence-corrected chi connectivity index (χ0v) is 15.9. The molecule has 4 heteroatoms. The van der Waals surface area contributed by atoms with Crippen LogP contribution in [0.2, 0.25) is 0 Å². The van der Waals surface area contributed by atoms with Gasteiger partial charge in [-0.1, -0.05) is 46.0 Å². The van der Waals surface area contributed by atoms with Crippen LogP contribution >= 0.6 is 61.2 Å². The van der Waals surface area contributed by atoms with E-state index in [2.05, 4.69) is 51.1 Å². The zero-order valence-electron chi connectivity index (χ0n) is 7.08. The second-order valence-electron chi connectivity index (χ2n) is 2.11. The molecule has 0 bridgehead atoms. The van der Waals surface area contributed by atoms with E-state index in [1.165, 1.54) is 32.1 Å². The Morgan fingerprint density at radius 1 is 0.909 bits per heavy atom. The summed E-state index contributed by atoms with van der Waals surface area (Å²) in [6.45, 7) is 4.49. The molecule has 0 N–H and O–H groups in total. The predicted octanol–water partition coefficient (Wildman–Crippen LogP) is 2.37. The third-order valence-corrected chi connectivity index (χ3v) is 1.21. The van der Waals surface area contributed by atoms with E-state index < -0.39 is 0 Å². The number of hydrogen-bond donors (Lipinski definition) is 0. The molecule has 0 aromatic heterocycles. The second-order valence-corrected chi connectivity index (χ2v) is 18.4. The molecule has 0 saturated carbocycles. The molecule has 0 heterocycles. The Labute approximate surface area is 118 Å². The average Bonchev–Trinajstić information content (AvgIpc) is 1.91. The summed E-state index contributed by atoms with van der Waals surface area (Å²) in [4.78, 5) is 0. The number of halogens is 4. The molecule has 0 fully saturated rings. The molecule has 11 heavy (non-hydrogen) atoms. The van der Waals surface area contributed by atoms with E-state index in [0.717, 1.165) is 0 Å². The molecule has 0 saturated heterocycles. The van der Waals surface area contributed by atoms with Crippen LogP contribution in [0, 0.1) is 0 Å². The van der Waals surface area contributed by atoms with E-state index in [-0.39, 0.29) is 24.0 Å². The molecule has 0 radical (unpaired) electrons. The van der Waals surface area contributed by atoms with Crippen molar-refractivity contribution in [2.75, 3.05) is 0 Å². The summed E-state index contributed by atoms with van der Waals surface area (Å²) in [5, 5.41) is 0. The van der Waals surface area contributed by atoms with Crippen LogP contribution in [0.1, 0.15) is 46.0 Å². The van der Waals surface area contributed by atoms with Crippen LogP contribution in [-0.2, 0) is 0 Å². The monoisotopic (exact) mass is 609 g/mol. The summed E-state index contributed by atoms with van der Waals surface area (Å²) >= 11 is 5.30. The molecular formula is C7H17I4-. The molecule has 0 amide bonds. The standard InChI is InChI=1S/C7H16.I3.HI/c1-3-5-7-6-4-2;1-3-2;/h3-7H2,1-2H3;;1H/q;-1;. The molecule has 74 valence electrons.